The molecule has 1 aromatic rings. The largest absolute Gasteiger partial charge is 0.352 e. The molecular weight excluding hydrogens is 260 g/mol. The van der Waals surface area contributed by atoms with Gasteiger partial charge in [0.2, 0.25) is 5.91 Å². The van der Waals surface area contributed by atoms with Crippen LogP contribution in [0.2, 0.25) is 0 Å². The molecule has 2 fully saturated rings. The minimum absolute atomic E-state index is 0.170. The van der Waals surface area contributed by atoms with E-state index in [0.717, 1.165) is 30.9 Å². The van der Waals surface area contributed by atoms with E-state index in [1.165, 1.54) is 5.56 Å². The summed E-state index contributed by atoms with van der Waals surface area (Å²) in [6.45, 7) is 1.49. The van der Waals surface area contributed by atoms with Crippen LogP contribution in [0.1, 0.15) is 24.4 Å². The molecule has 19 heavy (non-hydrogen) atoms. The lowest BCUT2D eigenvalue weighted by molar-refractivity contribution is -0.122. The summed E-state index contributed by atoms with van der Waals surface area (Å²) in [4.78, 5) is 14.2. The van der Waals surface area contributed by atoms with Crippen LogP contribution in [0.5, 0.6) is 0 Å². The summed E-state index contributed by atoms with van der Waals surface area (Å²) in [5.74, 6) is 2.32. The standard InChI is InChI=1S/C13H20N4OS/c1-16-7-10(6-14-16)12-9-19-5-4-17(12)8-13(18)15-11-2-3-11/h6-7,11-12H,2-5,8-9H2,1H3,(H,15,18)/t12-/m1/s1. The predicted octanol–water partition coefficient (Wildman–Crippen LogP) is 0.789. The monoisotopic (exact) mass is 280 g/mol. The molecule has 1 saturated carbocycles. The van der Waals surface area contributed by atoms with E-state index < -0.39 is 0 Å². The number of rotatable bonds is 4. The molecule has 1 N–H and O–H groups in total. The second-order valence-corrected chi connectivity index (χ2v) is 6.50. The summed E-state index contributed by atoms with van der Waals surface area (Å²) in [5.41, 5.74) is 1.22. The number of nitrogens with zero attached hydrogens (tertiary/aromatic N) is 3. The summed E-state index contributed by atoms with van der Waals surface area (Å²) in [6.07, 6.45) is 6.27. The van der Waals surface area contributed by atoms with E-state index in [4.69, 9.17) is 0 Å². The van der Waals surface area contributed by atoms with Crippen molar-refractivity contribution in [3.63, 3.8) is 0 Å². The highest BCUT2D eigenvalue weighted by Crippen LogP contribution is 2.29. The Labute approximate surface area is 117 Å². The third kappa shape index (κ3) is 3.30. The first-order valence-corrected chi connectivity index (χ1v) is 7.97. The SMILES string of the molecule is Cn1cc([C@H]2CSCCN2CC(=O)NC2CC2)cn1. The minimum Gasteiger partial charge on any atom is -0.352 e. The van der Waals surface area contributed by atoms with Crippen molar-refractivity contribution in [2.45, 2.75) is 24.9 Å². The van der Waals surface area contributed by atoms with Crippen molar-refractivity contribution in [2.24, 2.45) is 7.05 Å². The average molecular weight is 280 g/mol. The molecule has 6 heteroatoms. The molecule has 1 atom stereocenters. The van der Waals surface area contributed by atoms with E-state index in [-0.39, 0.29) is 5.91 Å². The average Bonchev–Trinajstić information content (AvgIpc) is 3.09. The second kappa shape index (κ2) is 5.54. The lowest BCUT2D eigenvalue weighted by Gasteiger charge is -2.34. The number of hydrogen-bond donors (Lipinski definition) is 1. The van der Waals surface area contributed by atoms with Crippen molar-refractivity contribution < 1.29 is 4.79 Å². The minimum atomic E-state index is 0.170. The zero-order chi connectivity index (χ0) is 13.2. The molecule has 2 aliphatic rings. The van der Waals surface area contributed by atoms with Gasteiger partial charge in [-0.25, -0.2) is 0 Å². The molecule has 104 valence electrons. The molecule has 2 heterocycles. The zero-order valence-corrected chi connectivity index (χ0v) is 12.0. The predicted molar refractivity (Wildman–Crippen MR) is 76.0 cm³/mol. The van der Waals surface area contributed by atoms with Crippen molar-refractivity contribution in [1.82, 2.24) is 20.0 Å². The van der Waals surface area contributed by atoms with E-state index in [2.05, 4.69) is 21.5 Å². The Morgan fingerprint density at radius 2 is 2.42 bits per heavy atom. The van der Waals surface area contributed by atoms with Crippen molar-refractivity contribution >= 4 is 17.7 Å². The normalized spacial score (nSPS) is 24.4. The topological polar surface area (TPSA) is 50.2 Å². The van der Waals surface area contributed by atoms with Gasteiger partial charge in [0.15, 0.2) is 0 Å². The number of carbonyl (C=O) groups is 1. The summed E-state index contributed by atoms with van der Waals surface area (Å²) in [6, 6.07) is 0.765. The molecule has 0 aromatic carbocycles. The van der Waals surface area contributed by atoms with Crippen LogP contribution in [0.3, 0.4) is 0 Å². The van der Waals surface area contributed by atoms with Gasteiger partial charge in [0, 0.05) is 48.9 Å². The number of hydrogen-bond acceptors (Lipinski definition) is 4. The fourth-order valence-electron chi connectivity index (χ4n) is 2.43. The smallest absolute Gasteiger partial charge is 0.234 e. The molecule has 0 radical (unpaired) electrons. The number of aromatic nitrogens is 2. The van der Waals surface area contributed by atoms with Crippen LogP contribution >= 0.6 is 11.8 Å². The molecular formula is C13H20N4OS. The Morgan fingerprint density at radius 1 is 1.58 bits per heavy atom. The lowest BCUT2D eigenvalue weighted by atomic mass is 10.1. The third-order valence-electron chi connectivity index (χ3n) is 3.64. The van der Waals surface area contributed by atoms with Crippen LogP contribution in [-0.2, 0) is 11.8 Å². The maximum atomic E-state index is 12.0. The summed E-state index contributed by atoms with van der Waals surface area (Å²) in [5, 5.41) is 7.31. The van der Waals surface area contributed by atoms with Gasteiger partial charge in [-0.05, 0) is 12.8 Å². The van der Waals surface area contributed by atoms with Crippen LogP contribution in [0.4, 0.5) is 0 Å². The number of amides is 1. The van der Waals surface area contributed by atoms with Gasteiger partial charge in [0.1, 0.15) is 0 Å². The number of carbonyl (C=O) groups excluding carboxylic acids is 1. The first-order chi connectivity index (χ1) is 9.22. The van der Waals surface area contributed by atoms with E-state index in [1.807, 2.05) is 29.7 Å². The van der Waals surface area contributed by atoms with Gasteiger partial charge < -0.3 is 5.32 Å². The number of aryl methyl sites for hydroxylation is 1. The molecule has 0 bridgehead atoms. The third-order valence-corrected chi connectivity index (χ3v) is 4.66. The molecule has 3 rings (SSSR count). The highest BCUT2D eigenvalue weighted by Gasteiger charge is 2.29. The van der Waals surface area contributed by atoms with Crippen molar-refractivity contribution in [2.75, 3.05) is 24.6 Å². The van der Waals surface area contributed by atoms with Crippen LogP contribution < -0.4 is 5.32 Å². The second-order valence-electron chi connectivity index (χ2n) is 5.35. The van der Waals surface area contributed by atoms with Gasteiger partial charge in [-0.2, -0.15) is 16.9 Å². The summed E-state index contributed by atoms with van der Waals surface area (Å²) >= 11 is 1.95. The highest BCUT2D eigenvalue weighted by molar-refractivity contribution is 7.99. The molecule has 1 aliphatic heterocycles. The Bertz CT molecular complexity index is 457. The van der Waals surface area contributed by atoms with Gasteiger partial charge >= 0.3 is 0 Å². The van der Waals surface area contributed by atoms with Gasteiger partial charge in [-0.15, -0.1) is 0 Å². The molecule has 5 nitrogen and oxygen atoms in total. The Morgan fingerprint density at radius 3 is 3.11 bits per heavy atom. The number of nitrogens with one attached hydrogen (secondary N) is 1. The van der Waals surface area contributed by atoms with Gasteiger partial charge in [-0.1, -0.05) is 0 Å². The molecule has 1 amide bonds. The summed E-state index contributed by atoms with van der Waals surface area (Å²) < 4.78 is 1.83. The fourth-order valence-corrected chi connectivity index (χ4v) is 3.59. The van der Waals surface area contributed by atoms with Crippen LogP contribution in [0.25, 0.3) is 0 Å². The maximum absolute atomic E-state index is 12.0. The molecule has 1 aliphatic carbocycles. The van der Waals surface area contributed by atoms with Crippen molar-refractivity contribution in [1.29, 1.82) is 0 Å². The molecule has 0 unspecified atom stereocenters. The van der Waals surface area contributed by atoms with E-state index in [1.54, 1.807) is 0 Å². The molecule has 0 spiro atoms. The van der Waals surface area contributed by atoms with Crippen LogP contribution in [-0.4, -0.2) is 51.2 Å². The lowest BCUT2D eigenvalue weighted by Crippen LogP contribution is -2.43. The molecule has 1 saturated heterocycles. The van der Waals surface area contributed by atoms with Crippen LogP contribution in [0, 0.1) is 0 Å². The Kier molecular flexibility index (Phi) is 3.79. The maximum Gasteiger partial charge on any atom is 0.234 e. The molecule has 1 aromatic heterocycles. The highest BCUT2D eigenvalue weighted by atomic mass is 32.2. The zero-order valence-electron chi connectivity index (χ0n) is 11.2. The van der Waals surface area contributed by atoms with Gasteiger partial charge in [-0.3, -0.25) is 14.4 Å². The van der Waals surface area contributed by atoms with Gasteiger partial charge in [0.05, 0.1) is 12.7 Å². The van der Waals surface area contributed by atoms with E-state index in [0.29, 0.717) is 18.6 Å². The van der Waals surface area contributed by atoms with Crippen LogP contribution in [0.15, 0.2) is 12.4 Å². The van der Waals surface area contributed by atoms with E-state index >= 15 is 0 Å². The first kappa shape index (κ1) is 13.0. The van der Waals surface area contributed by atoms with E-state index in [9.17, 15) is 4.79 Å². The summed E-state index contributed by atoms with van der Waals surface area (Å²) in [7, 11) is 1.93. The van der Waals surface area contributed by atoms with Crippen molar-refractivity contribution in [3.05, 3.63) is 18.0 Å². The Balaban J connectivity index is 1.64. The first-order valence-electron chi connectivity index (χ1n) is 6.82. The Hall–Kier alpha value is -1.01. The van der Waals surface area contributed by atoms with Gasteiger partial charge in [0.25, 0.3) is 0 Å². The van der Waals surface area contributed by atoms with Crippen molar-refractivity contribution in [3.8, 4) is 0 Å². The quantitative estimate of drug-likeness (QED) is 0.886. The number of thioether (sulfide) groups is 1. The fraction of sp³-hybridized carbons (Fsp3) is 0.692.